The molecule has 5 heteroatoms. The zero-order valence-corrected chi connectivity index (χ0v) is 18.5. The van der Waals surface area contributed by atoms with E-state index < -0.39 is 5.54 Å². The topological polar surface area (TPSA) is 62.3 Å². The molecular weight excluding hydrogens is 398 g/mol. The van der Waals surface area contributed by atoms with Crippen LogP contribution in [0.5, 0.6) is 0 Å². The Hall–Kier alpha value is -2.95. The number of nitrogens with zero attached hydrogens (tertiary/aromatic N) is 2. The molecule has 5 nitrogen and oxygen atoms in total. The first-order valence-corrected chi connectivity index (χ1v) is 11.8. The molecule has 4 bridgehead atoms. The first-order valence-electron chi connectivity index (χ1n) is 11.8. The minimum Gasteiger partial charge on any atom is -0.348 e. The molecule has 4 fully saturated rings. The summed E-state index contributed by atoms with van der Waals surface area (Å²) in [6.07, 6.45) is 8.73. The van der Waals surface area contributed by atoms with Crippen LogP contribution in [0, 0.1) is 17.8 Å². The van der Waals surface area contributed by atoms with Gasteiger partial charge in [0.05, 0.1) is 11.4 Å². The average Bonchev–Trinajstić information content (AvgIpc) is 3.03. The molecule has 1 unspecified atom stereocenters. The Morgan fingerprint density at radius 2 is 1.62 bits per heavy atom. The van der Waals surface area contributed by atoms with Crippen molar-refractivity contribution in [3.05, 3.63) is 66.5 Å². The van der Waals surface area contributed by atoms with Crippen LogP contribution in [-0.4, -0.2) is 22.3 Å². The summed E-state index contributed by atoms with van der Waals surface area (Å²) < 4.78 is 0. The summed E-state index contributed by atoms with van der Waals surface area (Å²) in [6.45, 7) is 5.90. The molecule has 2 heterocycles. The van der Waals surface area contributed by atoms with E-state index in [1.165, 1.54) is 26.2 Å². The van der Waals surface area contributed by atoms with E-state index in [9.17, 15) is 9.59 Å². The highest BCUT2D eigenvalue weighted by Gasteiger charge is 2.59. The molecule has 1 atom stereocenters. The van der Waals surface area contributed by atoms with Crippen molar-refractivity contribution in [3.63, 3.8) is 0 Å². The fraction of sp³-hybridized carbons (Fsp3) is 0.444. The third kappa shape index (κ3) is 2.60. The summed E-state index contributed by atoms with van der Waals surface area (Å²) >= 11 is 0. The molecule has 5 aliphatic rings. The Labute approximate surface area is 188 Å². The Morgan fingerprint density at radius 1 is 1.00 bits per heavy atom. The minimum absolute atomic E-state index is 0.172. The van der Waals surface area contributed by atoms with Crippen LogP contribution >= 0.6 is 0 Å². The van der Waals surface area contributed by atoms with Crippen molar-refractivity contribution in [2.24, 2.45) is 17.8 Å². The van der Waals surface area contributed by atoms with Gasteiger partial charge in [-0.2, -0.15) is 0 Å². The molecule has 1 aromatic heterocycles. The van der Waals surface area contributed by atoms with Crippen LogP contribution < -0.4 is 10.2 Å². The molecule has 1 N–H and O–H groups in total. The van der Waals surface area contributed by atoms with E-state index >= 15 is 0 Å². The molecule has 1 aliphatic heterocycles. The number of aromatic nitrogens is 1. The van der Waals surface area contributed by atoms with Crippen molar-refractivity contribution in [3.8, 4) is 0 Å². The fourth-order valence-electron chi connectivity index (χ4n) is 7.64. The predicted molar refractivity (Wildman–Crippen MR) is 124 cm³/mol. The summed E-state index contributed by atoms with van der Waals surface area (Å²) in [6, 6.07) is 13.2. The smallest absolute Gasteiger partial charge is 0.257 e. The summed E-state index contributed by atoms with van der Waals surface area (Å²) in [7, 11) is 0. The number of hydrogen-bond donors (Lipinski definition) is 1. The molecule has 4 aliphatic carbocycles. The van der Waals surface area contributed by atoms with Crippen molar-refractivity contribution in [2.45, 2.75) is 56.5 Å². The standard InChI is InChI=1S/C27H29N3O2/c1-17-22-7-3-4-8-23(22)30(18(2)31)27(17,24-9-5-6-10-28-24)25(32)29-26-14-19-11-20(15-26)13-21(12-19)16-26/h3-10,19-21H,1,11-16H2,2H3,(H,29,32). The van der Waals surface area contributed by atoms with E-state index in [1.54, 1.807) is 11.1 Å². The lowest BCUT2D eigenvalue weighted by Crippen LogP contribution is -2.65. The summed E-state index contributed by atoms with van der Waals surface area (Å²) in [5.41, 5.74) is 1.15. The minimum atomic E-state index is -1.37. The quantitative estimate of drug-likeness (QED) is 0.788. The van der Waals surface area contributed by atoms with E-state index in [4.69, 9.17) is 0 Å². The lowest BCUT2D eigenvalue weighted by atomic mass is 9.53. The SMILES string of the molecule is C=C1c2ccccc2N(C(C)=O)C1(C(=O)NC12CC3CC(CC(C3)C1)C2)c1ccccn1. The van der Waals surface area contributed by atoms with Gasteiger partial charge in [0, 0.05) is 24.2 Å². The maximum Gasteiger partial charge on any atom is 0.257 e. The molecule has 0 radical (unpaired) electrons. The van der Waals surface area contributed by atoms with E-state index in [2.05, 4.69) is 16.9 Å². The normalized spacial score (nSPS) is 34.5. The number of benzene rings is 1. The third-order valence-corrected chi connectivity index (χ3v) is 8.34. The van der Waals surface area contributed by atoms with Crippen molar-refractivity contribution in [1.82, 2.24) is 10.3 Å². The Kier molecular flexibility index (Phi) is 4.17. The molecular formula is C27H29N3O2. The lowest BCUT2D eigenvalue weighted by Gasteiger charge is -2.57. The van der Waals surface area contributed by atoms with Gasteiger partial charge in [-0.15, -0.1) is 0 Å². The van der Waals surface area contributed by atoms with Gasteiger partial charge < -0.3 is 5.32 Å². The van der Waals surface area contributed by atoms with Crippen LogP contribution in [-0.2, 0) is 15.1 Å². The van der Waals surface area contributed by atoms with Crippen molar-refractivity contribution in [1.29, 1.82) is 0 Å². The fourth-order valence-corrected chi connectivity index (χ4v) is 7.64. The van der Waals surface area contributed by atoms with Gasteiger partial charge in [0.15, 0.2) is 5.54 Å². The second-order valence-electron chi connectivity index (χ2n) is 10.4. The van der Waals surface area contributed by atoms with Crippen molar-refractivity contribution in [2.75, 3.05) is 4.90 Å². The third-order valence-electron chi connectivity index (χ3n) is 8.34. The molecule has 2 amide bonds. The highest BCUT2D eigenvalue weighted by Crippen LogP contribution is 2.57. The molecule has 0 spiro atoms. The summed E-state index contributed by atoms with van der Waals surface area (Å²) in [5, 5.41) is 3.52. The van der Waals surface area contributed by atoms with Gasteiger partial charge in [0.1, 0.15) is 0 Å². The Bertz CT molecular complexity index is 1090. The van der Waals surface area contributed by atoms with Crippen LogP contribution in [0.4, 0.5) is 5.69 Å². The maximum absolute atomic E-state index is 14.4. The number of nitrogens with one attached hydrogen (secondary N) is 1. The van der Waals surface area contributed by atoms with Gasteiger partial charge in [0.2, 0.25) is 5.91 Å². The average molecular weight is 428 g/mol. The first kappa shape index (κ1) is 19.7. The number of pyridine rings is 1. The second kappa shape index (κ2) is 6.77. The Morgan fingerprint density at radius 3 is 2.22 bits per heavy atom. The van der Waals surface area contributed by atoms with Gasteiger partial charge in [-0.1, -0.05) is 30.8 Å². The predicted octanol–water partition coefficient (Wildman–Crippen LogP) is 4.44. The van der Waals surface area contributed by atoms with E-state index in [-0.39, 0.29) is 17.4 Å². The maximum atomic E-state index is 14.4. The lowest BCUT2D eigenvalue weighted by molar-refractivity contribution is -0.133. The summed E-state index contributed by atoms with van der Waals surface area (Å²) in [4.78, 5) is 33.7. The van der Waals surface area contributed by atoms with E-state index in [0.717, 1.165) is 30.5 Å². The van der Waals surface area contributed by atoms with Crippen LogP contribution in [0.3, 0.4) is 0 Å². The number of carbonyl (C=O) groups is 2. The van der Waals surface area contributed by atoms with Crippen molar-refractivity contribution < 1.29 is 9.59 Å². The van der Waals surface area contributed by atoms with Gasteiger partial charge in [-0.25, -0.2) is 0 Å². The summed E-state index contributed by atoms with van der Waals surface area (Å²) in [5.74, 6) is 1.76. The number of anilines is 1. The van der Waals surface area contributed by atoms with Crippen molar-refractivity contribution >= 4 is 23.1 Å². The van der Waals surface area contributed by atoms with Crippen LogP contribution in [0.2, 0.25) is 0 Å². The van der Waals surface area contributed by atoms with Gasteiger partial charge in [-0.3, -0.25) is 19.5 Å². The number of para-hydroxylation sites is 1. The molecule has 164 valence electrons. The largest absolute Gasteiger partial charge is 0.348 e. The van der Waals surface area contributed by atoms with Gasteiger partial charge >= 0.3 is 0 Å². The molecule has 0 saturated heterocycles. The highest BCUT2D eigenvalue weighted by molar-refractivity contribution is 6.17. The molecule has 4 saturated carbocycles. The zero-order chi connectivity index (χ0) is 22.1. The van der Waals surface area contributed by atoms with Crippen LogP contribution in [0.25, 0.3) is 5.57 Å². The molecule has 2 aromatic rings. The molecule has 1 aromatic carbocycles. The monoisotopic (exact) mass is 427 g/mol. The number of hydrogen-bond acceptors (Lipinski definition) is 3. The first-order chi connectivity index (χ1) is 15.4. The number of rotatable bonds is 3. The number of amides is 2. The number of carbonyl (C=O) groups excluding carboxylic acids is 2. The van der Waals surface area contributed by atoms with Crippen LogP contribution in [0.15, 0.2) is 55.2 Å². The second-order valence-corrected chi connectivity index (χ2v) is 10.4. The molecule has 32 heavy (non-hydrogen) atoms. The van der Waals surface area contributed by atoms with Crippen LogP contribution in [0.1, 0.15) is 56.7 Å². The van der Waals surface area contributed by atoms with E-state index in [1.807, 2.05) is 42.5 Å². The van der Waals surface area contributed by atoms with Gasteiger partial charge in [0.25, 0.3) is 5.91 Å². The highest BCUT2D eigenvalue weighted by atomic mass is 16.2. The van der Waals surface area contributed by atoms with Gasteiger partial charge in [-0.05, 0) is 80.1 Å². The Balaban J connectivity index is 1.49. The number of fused-ring (bicyclic) bond motifs is 1. The molecule has 7 rings (SSSR count). The van der Waals surface area contributed by atoms with E-state index in [0.29, 0.717) is 29.0 Å². The zero-order valence-electron chi connectivity index (χ0n) is 18.5.